The van der Waals surface area contributed by atoms with E-state index in [1.807, 2.05) is 0 Å². The van der Waals surface area contributed by atoms with Crippen LogP contribution < -0.4 is 0 Å². The highest BCUT2D eigenvalue weighted by atomic mass is 16.5. The SMILES string of the molecule is CO/C=C1\CCCCCC1=O. The van der Waals surface area contributed by atoms with Crippen LogP contribution in [0.4, 0.5) is 0 Å². The maximum Gasteiger partial charge on any atom is 0.161 e. The number of carbonyl (C=O) groups excluding carboxylic acids is 1. The first-order valence-corrected chi connectivity index (χ1v) is 4.09. The quantitative estimate of drug-likeness (QED) is 0.328. The summed E-state index contributed by atoms with van der Waals surface area (Å²) in [7, 11) is 1.59. The van der Waals surface area contributed by atoms with Crippen molar-refractivity contribution in [1.29, 1.82) is 0 Å². The molecule has 62 valence electrons. The molecule has 11 heavy (non-hydrogen) atoms. The second-order valence-electron chi connectivity index (χ2n) is 2.86. The Kier molecular flexibility index (Phi) is 3.14. The van der Waals surface area contributed by atoms with Gasteiger partial charge in [0.2, 0.25) is 0 Å². The molecular weight excluding hydrogens is 140 g/mol. The topological polar surface area (TPSA) is 26.3 Å². The van der Waals surface area contributed by atoms with E-state index in [1.54, 1.807) is 13.4 Å². The summed E-state index contributed by atoms with van der Waals surface area (Å²) in [5.41, 5.74) is 0.866. The van der Waals surface area contributed by atoms with Gasteiger partial charge in [-0.2, -0.15) is 0 Å². The lowest BCUT2D eigenvalue weighted by molar-refractivity contribution is -0.115. The Balaban J connectivity index is 2.59. The Morgan fingerprint density at radius 3 is 2.73 bits per heavy atom. The highest BCUT2D eigenvalue weighted by molar-refractivity contribution is 5.95. The van der Waals surface area contributed by atoms with Gasteiger partial charge in [0.05, 0.1) is 13.4 Å². The van der Waals surface area contributed by atoms with Gasteiger partial charge >= 0.3 is 0 Å². The standard InChI is InChI=1S/C9H14O2/c1-11-7-8-5-3-2-4-6-9(8)10/h7H,2-6H2,1H3/b8-7+. The number of carbonyl (C=O) groups is 1. The van der Waals surface area contributed by atoms with Crippen molar-refractivity contribution >= 4 is 5.78 Å². The maximum absolute atomic E-state index is 11.3. The highest BCUT2D eigenvalue weighted by Crippen LogP contribution is 2.18. The first kappa shape index (κ1) is 8.31. The van der Waals surface area contributed by atoms with E-state index in [0.29, 0.717) is 6.42 Å². The first-order chi connectivity index (χ1) is 5.34. The fraction of sp³-hybridized carbons (Fsp3) is 0.667. The van der Waals surface area contributed by atoms with Gasteiger partial charge in [-0.3, -0.25) is 4.79 Å². The van der Waals surface area contributed by atoms with E-state index < -0.39 is 0 Å². The molecule has 0 aromatic rings. The second-order valence-corrected chi connectivity index (χ2v) is 2.86. The number of Topliss-reactive ketones (excluding diaryl/α,β-unsaturated/α-hetero) is 1. The predicted molar refractivity (Wildman–Crippen MR) is 43.2 cm³/mol. The van der Waals surface area contributed by atoms with Gasteiger partial charge in [-0.05, 0) is 19.3 Å². The van der Waals surface area contributed by atoms with Crippen molar-refractivity contribution in [2.24, 2.45) is 0 Å². The third-order valence-electron chi connectivity index (χ3n) is 1.97. The fourth-order valence-corrected chi connectivity index (χ4v) is 1.34. The number of hydrogen-bond donors (Lipinski definition) is 0. The van der Waals surface area contributed by atoms with E-state index in [9.17, 15) is 4.79 Å². The van der Waals surface area contributed by atoms with Crippen molar-refractivity contribution < 1.29 is 9.53 Å². The Hall–Kier alpha value is -0.790. The molecule has 0 amide bonds. The Labute approximate surface area is 67.2 Å². The molecule has 0 spiro atoms. The van der Waals surface area contributed by atoms with Crippen LogP contribution in [0.1, 0.15) is 32.1 Å². The third-order valence-corrected chi connectivity index (χ3v) is 1.97. The summed E-state index contributed by atoms with van der Waals surface area (Å²) in [6.45, 7) is 0. The Morgan fingerprint density at radius 2 is 2.00 bits per heavy atom. The first-order valence-electron chi connectivity index (χ1n) is 4.09. The molecule has 0 bridgehead atoms. The monoisotopic (exact) mass is 154 g/mol. The minimum atomic E-state index is 0.268. The Bertz CT molecular complexity index is 170. The molecule has 1 saturated carbocycles. The lowest BCUT2D eigenvalue weighted by Gasteiger charge is -1.98. The molecule has 1 fully saturated rings. The van der Waals surface area contributed by atoms with Gasteiger partial charge in [0.1, 0.15) is 0 Å². The molecule has 0 aromatic heterocycles. The molecule has 2 nitrogen and oxygen atoms in total. The fourth-order valence-electron chi connectivity index (χ4n) is 1.34. The number of hydrogen-bond acceptors (Lipinski definition) is 2. The molecule has 1 aliphatic rings. The summed E-state index contributed by atoms with van der Waals surface area (Å²) >= 11 is 0. The van der Waals surface area contributed by atoms with Gasteiger partial charge in [-0.15, -0.1) is 0 Å². The highest BCUT2D eigenvalue weighted by Gasteiger charge is 2.12. The molecular formula is C9H14O2. The van der Waals surface area contributed by atoms with E-state index in [1.165, 1.54) is 6.42 Å². The summed E-state index contributed by atoms with van der Waals surface area (Å²) < 4.78 is 4.82. The number of ether oxygens (including phenoxy) is 1. The summed E-state index contributed by atoms with van der Waals surface area (Å²) in [6.07, 6.45) is 6.53. The molecule has 1 rings (SSSR count). The van der Waals surface area contributed by atoms with Crippen LogP contribution >= 0.6 is 0 Å². The van der Waals surface area contributed by atoms with Gasteiger partial charge < -0.3 is 4.74 Å². The van der Waals surface area contributed by atoms with Crippen LogP contribution in [-0.4, -0.2) is 12.9 Å². The van der Waals surface area contributed by atoms with Gasteiger partial charge in [0.15, 0.2) is 5.78 Å². The van der Waals surface area contributed by atoms with E-state index in [2.05, 4.69) is 0 Å². The van der Waals surface area contributed by atoms with Crippen LogP contribution in [0.25, 0.3) is 0 Å². The molecule has 1 aliphatic carbocycles. The van der Waals surface area contributed by atoms with Crippen LogP contribution in [0.2, 0.25) is 0 Å². The Morgan fingerprint density at radius 1 is 1.27 bits per heavy atom. The molecule has 0 aromatic carbocycles. The largest absolute Gasteiger partial charge is 0.504 e. The van der Waals surface area contributed by atoms with E-state index >= 15 is 0 Å². The van der Waals surface area contributed by atoms with Gasteiger partial charge in [-0.1, -0.05) is 6.42 Å². The molecule has 0 aliphatic heterocycles. The molecule has 0 N–H and O–H groups in total. The van der Waals surface area contributed by atoms with Crippen molar-refractivity contribution in [3.63, 3.8) is 0 Å². The zero-order chi connectivity index (χ0) is 8.10. The van der Waals surface area contributed by atoms with Crippen LogP contribution in [0, 0.1) is 0 Å². The zero-order valence-electron chi connectivity index (χ0n) is 6.93. The van der Waals surface area contributed by atoms with Crippen LogP contribution in [-0.2, 0) is 9.53 Å². The van der Waals surface area contributed by atoms with Crippen LogP contribution in [0.3, 0.4) is 0 Å². The molecule has 2 heteroatoms. The van der Waals surface area contributed by atoms with Crippen molar-refractivity contribution in [3.8, 4) is 0 Å². The summed E-state index contributed by atoms with van der Waals surface area (Å²) in [4.78, 5) is 11.3. The number of methoxy groups -OCH3 is 1. The van der Waals surface area contributed by atoms with Crippen molar-refractivity contribution in [2.75, 3.05) is 7.11 Å². The normalized spacial score (nSPS) is 23.4. The molecule has 0 atom stereocenters. The predicted octanol–water partition coefficient (Wildman–Crippen LogP) is 2.05. The molecule has 0 radical (unpaired) electrons. The number of rotatable bonds is 1. The lowest BCUT2D eigenvalue weighted by Crippen LogP contribution is -1.99. The van der Waals surface area contributed by atoms with Gasteiger partial charge in [0, 0.05) is 12.0 Å². The molecule has 0 heterocycles. The van der Waals surface area contributed by atoms with Crippen molar-refractivity contribution in [1.82, 2.24) is 0 Å². The van der Waals surface area contributed by atoms with Gasteiger partial charge in [-0.25, -0.2) is 0 Å². The average molecular weight is 154 g/mol. The summed E-state index contributed by atoms with van der Waals surface area (Å²) in [5, 5.41) is 0. The van der Waals surface area contributed by atoms with Crippen LogP contribution in [0.5, 0.6) is 0 Å². The van der Waals surface area contributed by atoms with E-state index in [-0.39, 0.29) is 5.78 Å². The minimum absolute atomic E-state index is 0.268. The lowest BCUT2D eigenvalue weighted by atomic mass is 10.1. The molecule has 0 saturated heterocycles. The maximum atomic E-state index is 11.3. The van der Waals surface area contributed by atoms with Gasteiger partial charge in [0.25, 0.3) is 0 Å². The smallest absolute Gasteiger partial charge is 0.161 e. The van der Waals surface area contributed by atoms with Crippen molar-refractivity contribution in [2.45, 2.75) is 32.1 Å². The summed E-state index contributed by atoms with van der Waals surface area (Å²) in [5.74, 6) is 0.268. The third kappa shape index (κ3) is 2.37. The number of allylic oxidation sites excluding steroid dienone is 1. The number of ketones is 1. The van der Waals surface area contributed by atoms with E-state index in [0.717, 1.165) is 24.8 Å². The zero-order valence-corrected chi connectivity index (χ0v) is 6.93. The summed E-state index contributed by atoms with van der Waals surface area (Å²) in [6, 6.07) is 0. The second kappa shape index (κ2) is 4.16. The van der Waals surface area contributed by atoms with Crippen molar-refractivity contribution in [3.05, 3.63) is 11.8 Å². The van der Waals surface area contributed by atoms with Crippen LogP contribution in [0.15, 0.2) is 11.8 Å². The van der Waals surface area contributed by atoms with E-state index in [4.69, 9.17) is 4.74 Å². The minimum Gasteiger partial charge on any atom is -0.504 e. The average Bonchev–Trinajstić information content (AvgIpc) is 2.18. The molecule has 0 unspecified atom stereocenters.